The Hall–Kier alpha value is -1.75. The fourth-order valence-electron chi connectivity index (χ4n) is 1.60. The third-order valence-electron chi connectivity index (χ3n) is 2.45. The normalized spacial score (nSPS) is 10.3. The molecule has 0 unspecified atom stereocenters. The predicted molar refractivity (Wildman–Crippen MR) is 76.7 cm³/mol. The summed E-state index contributed by atoms with van der Waals surface area (Å²) in [5.74, 6) is 1.92. The molecule has 0 amide bonds. The molecule has 0 radical (unpaired) electrons. The largest absolute Gasteiger partial charge is 0.373 e. The second kappa shape index (κ2) is 5.73. The Morgan fingerprint density at radius 1 is 1.28 bits per heavy atom. The number of nitrogens with zero attached hydrogens (tertiary/aromatic N) is 2. The molecule has 0 spiro atoms. The lowest BCUT2D eigenvalue weighted by atomic mass is 10.2. The highest BCUT2D eigenvalue weighted by Gasteiger charge is 2.02. The molecule has 4 nitrogen and oxygen atoms in total. The fourth-order valence-corrected chi connectivity index (χ4v) is 2.45. The first kappa shape index (κ1) is 12.7. The van der Waals surface area contributed by atoms with E-state index in [2.05, 4.69) is 46.5 Å². The van der Waals surface area contributed by atoms with Crippen LogP contribution in [0, 0.1) is 6.92 Å². The van der Waals surface area contributed by atoms with Crippen LogP contribution in [0.5, 0.6) is 0 Å². The fraction of sp³-hybridized carbons (Fsp3) is 0.231. The van der Waals surface area contributed by atoms with E-state index < -0.39 is 0 Å². The number of nitrogens with two attached hydrogens (primary N) is 1. The van der Waals surface area contributed by atoms with Crippen molar-refractivity contribution in [3.8, 4) is 0 Å². The van der Waals surface area contributed by atoms with Crippen LogP contribution in [0.4, 0.5) is 11.8 Å². The summed E-state index contributed by atoms with van der Waals surface area (Å²) in [6.07, 6.45) is 0. The molecule has 1 aromatic carbocycles. The zero-order valence-electron chi connectivity index (χ0n) is 10.5. The summed E-state index contributed by atoms with van der Waals surface area (Å²) < 4.78 is 0. The Morgan fingerprint density at radius 3 is 2.83 bits per heavy atom. The molecule has 0 aliphatic heterocycles. The number of nitrogen functional groups attached to an aromatic ring is 1. The summed E-state index contributed by atoms with van der Waals surface area (Å²) in [5, 5.41) is 3.85. The molecule has 0 fully saturated rings. The van der Waals surface area contributed by atoms with Gasteiger partial charge in [0.2, 0.25) is 5.95 Å². The number of benzene rings is 1. The van der Waals surface area contributed by atoms with E-state index in [-0.39, 0.29) is 0 Å². The van der Waals surface area contributed by atoms with Gasteiger partial charge in [-0.05, 0) is 12.5 Å². The van der Waals surface area contributed by atoms with Crippen molar-refractivity contribution in [1.82, 2.24) is 9.97 Å². The number of rotatable bonds is 4. The smallest absolute Gasteiger partial charge is 0.223 e. The summed E-state index contributed by atoms with van der Waals surface area (Å²) in [5.41, 5.74) is 8.20. The lowest BCUT2D eigenvalue weighted by Gasteiger charge is -2.05. The van der Waals surface area contributed by atoms with Crippen LogP contribution in [-0.4, -0.2) is 17.0 Å². The number of hydrogen-bond donors (Lipinski definition) is 2. The standard InChI is InChI=1S/C13H16N4S/c1-9-4-3-5-10(6-9)8-18-12-7-11(15-2)16-13(14)17-12/h3-7H,8H2,1-2H3,(H3,14,15,16,17). The first-order valence-electron chi connectivity index (χ1n) is 5.68. The van der Waals surface area contributed by atoms with Gasteiger partial charge in [0.25, 0.3) is 0 Å². The van der Waals surface area contributed by atoms with E-state index in [9.17, 15) is 0 Å². The molecule has 2 aromatic rings. The van der Waals surface area contributed by atoms with Crippen molar-refractivity contribution in [3.05, 3.63) is 41.5 Å². The molecule has 0 atom stereocenters. The minimum Gasteiger partial charge on any atom is -0.373 e. The van der Waals surface area contributed by atoms with Gasteiger partial charge in [0, 0.05) is 18.9 Å². The molecule has 1 aromatic heterocycles. The summed E-state index contributed by atoms with van der Waals surface area (Å²) in [7, 11) is 1.82. The lowest BCUT2D eigenvalue weighted by molar-refractivity contribution is 1.06. The molecular formula is C13H16N4S. The maximum atomic E-state index is 5.65. The van der Waals surface area contributed by atoms with Crippen molar-refractivity contribution in [2.24, 2.45) is 0 Å². The number of nitrogens with one attached hydrogen (secondary N) is 1. The summed E-state index contributed by atoms with van der Waals surface area (Å²) >= 11 is 1.65. The highest BCUT2D eigenvalue weighted by atomic mass is 32.2. The zero-order chi connectivity index (χ0) is 13.0. The van der Waals surface area contributed by atoms with Crippen molar-refractivity contribution in [3.63, 3.8) is 0 Å². The van der Waals surface area contributed by atoms with Gasteiger partial charge in [0.15, 0.2) is 0 Å². The van der Waals surface area contributed by atoms with Crippen LogP contribution in [0.1, 0.15) is 11.1 Å². The van der Waals surface area contributed by atoms with E-state index in [4.69, 9.17) is 5.73 Å². The summed E-state index contributed by atoms with van der Waals surface area (Å²) in [4.78, 5) is 8.27. The second-order valence-corrected chi connectivity index (χ2v) is 4.97. The van der Waals surface area contributed by atoms with Gasteiger partial charge >= 0.3 is 0 Å². The zero-order valence-corrected chi connectivity index (χ0v) is 11.3. The van der Waals surface area contributed by atoms with Gasteiger partial charge in [-0.25, -0.2) is 4.98 Å². The summed E-state index contributed by atoms with van der Waals surface area (Å²) in [6, 6.07) is 10.4. The van der Waals surface area contributed by atoms with Crippen molar-refractivity contribution in [2.45, 2.75) is 17.7 Å². The molecule has 1 heterocycles. The molecule has 18 heavy (non-hydrogen) atoms. The third-order valence-corrected chi connectivity index (χ3v) is 3.43. The molecule has 3 N–H and O–H groups in total. The average Bonchev–Trinajstić information content (AvgIpc) is 2.36. The van der Waals surface area contributed by atoms with Crippen LogP contribution < -0.4 is 11.1 Å². The average molecular weight is 260 g/mol. The third kappa shape index (κ3) is 3.37. The number of thioether (sulfide) groups is 1. The molecular weight excluding hydrogens is 244 g/mol. The SMILES string of the molecule is CNc1cc(SCc2cccc(C)c2)nc(N)n1. The van der Waals surface area contributed by atoms with Gasteiger partial charge < -0.3 is 11.1 Å². The van der Waals surface area contributed by atoms with E-state index in [0.29, 0.717) is 5.95 Å². The van der Waals surface area contributed by atoms with Gasteiger partial charge in [-0.15, -0.1) is 11.8 Å². The topological polar surface area (TPSA) is 63.8 Å². The summed E-state index contributed by atoms with van der Waals surface area (Å²) in [6.45, 7) is 2.09. The highest BCUT2D eigenvalue weighted by molar-refractivity contribution is 7.98. The maximum absolute atomic E-state index is 5.65. The first-order chi connectivity index (χ1) is 8.67. The quantitative estimate of drug-likeness (QED) is 0.653. The van der Waals surface area contributed by atoms with Gasteiger partial charge in [0.05, 0.1) is 0 Å². The molecule has 94 valence electrons. The molecule has 0 saturated heterocycles. The van der Waals surface area contributed by atoms with Crippen LogP contribution in [-0.2, 0) is 5.75 Å². The second-order valence-electron chi connectivity index (χ2n) is 3.98. The van der Waals surface area contributed by atoms with E-state index in [0.717, 1.165) is 16.6 Å². The maximum Gasteiger partial charge on any atom is 0.223 e. The van der Waals surface area contributed by atoms with Crippen molar-refractivity contribution >= 4 is 23.5 Å². The van der Waals surface area contributed by atoms with Crippen LogP contribution in [0.25, 0.3) is 0 Å². The van der Waals surface area contributed by atoms with E-state index >= 15 is 0 Å². The highest BCUT2D eigenvalue weighted by Crippen LogP contribution is 2.23. The van der Waals surface area contributed by atoms with E-state index in [1.807, 2.05) is 13.1 Å². The monoisotopic (exact) mass is 260 g/mol. The van der Waals surface area contributed by atoms with Gasteiger partial charge in [-0.2, -0.15) is 4.98 Å². The van der Waals surface area contributed by atoms with Gasteiger partial charge in [-0.3, -0.25) is 0 Å². The Labute approximate surface area is 111 Å². The van der Waals surface area contributed by atoms with Crippen LogP contribution >= 0.6 is 11.8 Å². The van der Waals surface area contributed by atoms with Crippen molar-refractivity contribution < 1.29 is 0 Å². The molecule has 0 bridgehead atoms. The van der Waals surface area contributed by atoms with Crippen molar-refractivity contribution in [1.29, 1.82) is 0 Å². The Kier molecular flexibility index (Phi) is 4.04. The Balaban J connectivity index is 2.08. The molecule has 0 aliphatic rings. The minimum absolute atomic E-state index is 0.300. The number of aryl methyl sites for hydroxylation is 1. The van der Waals surface area contributed by atoms with Gasteiger partial charge in [0.1, 0.15) is 10.8 Å². The molecule has 2 rings (SSSR count). The molecule has 0 saturated carbocycles. The van der Waals surface area contributed by atoms with Crippen LogP contribution in [0.15, 0.2) is 35.4 Å². The molecule has 0 aliphatic carbocycles. The number of anilines is 2. The van der Waals surface area contributed by atoms with Crippen molar-refractivity contribution in [2.75, 3.05) is 18.1 Å². The van der Waals surface area contributed by atoms with E-state index in [1.165, 1.54) is 11.1 Å². The first-order valence-corrected chi connectivity index (χ1v) is 6.66. The van der Waals surface area contributed by atoms with Crippen LogP contribution in [0.3, 0.4) is 0 Å². The Morgan fingerprint density at radius 2 is 2.11 bits per heavy atom. The molecule has 5 heteroatoms. The van der Waals surface area contributed by atoms with Crippen LogP contribution in [0.2, 0.25) is 0 Å². The lowest BCUT2D eigenvalue weighted by Crippen LogP contribution is -2.00. The minimum atomic E-state index is 0.300. The van der Waals surface area contributed by atoms with E-state index in [1.54, 1.807) is 11.8 Å². The number of aromatic nitrogens is 2. The van der Waals surface area contributed by atoms with Gasteiger partial charge in [-0.1, -0.05) is 29.8 Å². The Bertz CT molecular complexity index is 542. The predicted octanol–water partition coefficient (Wildman–Crippen LogP) is 2.70. The number of hydrogen-bond acceptors (Lipinski definition) is 5.